The maximum absolute atomic E-state index is 12.8. The summed E-state index contributed by atoms with van der Waals surface area (Å²) in [6.07, 6.45) is 4.56. The summed E-state index contributed by atoms with van der Waals surface area (Å²) in [6.45, 7) is 7.70. The first kappa shape index (κ1) is 15.0. The van der Waals surface area contributed by atoms with Gasteiger partial charge < -0.3 is 4.90 Å². The topological polar surface area (TPSA) is 32.3 Å². The van der Waals surface area contributed by atoms with E-state index in [9.17, 15) is 4.79 Å². The molecule has 1 aromatic rings. The molecule has 1 aliphatic carbocycles. The normalized spacial score (nSPS) is 30.9. The molecular formula is C17H26N2OS. The molecule has 1 N–H and O–H groups in total. The molecule has 116 valence electrons. The van der Waals surface area contributed by atoms with E-state index < -0.39 is 0 Å². The summed E-state index contributed by atoms with van der Waals surface area (Å²) in [5.74, 6) is 0.972. The average Bonchev–Trinajstić information content (AvgIpc) is 2.87. The molecule has 3 atom stereocenters. The maximum atomic E-state index is 12.8. The fraction of sp³-hybridized carbons (Fsp3) is 0.706. The van der Waals surface area contributed by atoms with Gasteiger partial charge in [-0.15, -0.1) is 11.3 Å². The van der Waals surface area contributed by atoms with Crippen LogP contribution in [-0.2, 0) is 4.79 Å². The van der Waals surface area contributed by atoms with E-state index in [1.165, 1.54) is 11.3 Å². The minimum Gasteiger partial charge on any atom is -0.320 e. The van der Waals surface area contributed by atoms with Crippen LogP contribution in [0.4, 0.5) is 0 Å². The second-order valence-electron chi connectivity index (χ2n) is 7.16. The van der Waals surface area contributed by atoms with Gasteiger partial charge in [-0.05, 0) is 35.6 Å². The summed E-state index contributed by atoms with van der Waals surface area (Å²) in [7, 11) is 0. The fourth-order valence-corrected chi connectivity index (χ4v) is 4.09. The lowest BCUT2D eigenvalue weighted by atomic mass is 10.1. The zero-order chi connectivity index (χ0) is 15.0. The van der Waals surface area contributed by atoms with Gasteiger partial charge in [-0.2, -0.15) is 0 Å². The molecule has 3 nitrogen and oxygen atoms in total. The van der Waals surface area contributed by atoms with Crippen molar-refractivity contribution in [3.63, 3.8) is 0 Å². The number of carbonyl (C=O) groups is 1. The first-order valence-corrected chi connectivity index (χ1v) is 9.01. The van der Waals surface area contributed by atoms with E-state index >= 15 is 0 Å². The van der Waals surface area contributed by atoms with Gasteiger partial charge in [-0.25, -0.2) is 0 Å². The van der Waals surface area contributed by atoms with Crippen LogP contribution in [0, 0.1) is 11.3 Å². The van der Waals surface area contributed by atoms with Gasteiger partial charge in [0.25, 0.3) is 0 Å². The number of thiophene rings is 1. The van der Waals surface area contributed by atoms with E-state index in [1.807, 2.05) is 0 Å². The van der Waals surface area contributed by atoms with Crippen molar-refractivity contribution < 1.29 is 4.79 Å². The monoisotopic (exact) mass is 306 g/mol. The summed E-state index contributed by atoms with van der Waals surface area (Å²) in [5, 5.41) is 5.67. The zero-order valence-corrected chi connectivity index (χ0v) is 14.1. The highest BCUT2D eigenvalue weighted by Crippen LogP contribution is 2.52. The second-order valence-corrected chi connectivity index (χ2v) is 8.14. The number of amides is 1. The third-order valence-corrected chi connectivity index (χ3v) is 5.97. The summed E-state index contributed by atoms with van der Waals surface area (Å²) in [6, 6.07) is 4.23. The van der Waals surface area contributed by atoms with Crippen LogP contribution in [0.25, 0.3) is 0 Å². The second kappa shape index (κ2) is 5.73. The first-order valence-electron chi connectivity index (χ1n) is 8.13. The van der Waals surface area contributed by atoms with Crippen LogP contribution in [0.5, 0.6) is 0 Å². The molecule has 0 bridgehead atoms. The minimum absolute atomic E-state index is 0.0129. The SMILES string of the molecule is CCCCC1NC(c2cccs2)N(CC2CC2(C)C)C1=O. The Morgan fingerprint density at radius 2 is 2.24 bits per heavy atom. The quantitative estimate of drug-likeness (QED) is 0.867. The van der Waals surface area contributed by atoms with Crippen molar-refractivity contribution in [3.05, 3.63) is 22.4 Å². The number of nitrogens with zero attached hydrogens (tertiary/aromatic N) is 1. The number of unbranched alkanes of at least 4 members (excludes halogenated alkanes) is 1. The van der Waals surface area contributed by atoms with Crippen molar-refractivity contribution in [2.24, 2.45) is 11.3 Å². The van der Waals surface area contributed by atoms with Crippen molar-refractivity contribution in [2.45, 2.75) is 58.7 Å². The number of hydrogen-bond donors (Lipinski definition) is 1. The first-order chi connectivity index (χ1) is 10.0. The third kappa shape index (κ3) is 3.02. The van der Waals surface area contributed by atoms with Crippen molar-refractivity contribution in [2.75, 3.05) is 6.54 Å². The molecule has 3 rings (SSSR count). The predicted molar refractivity (Wildman–Crippen MR) is 87.1 cm³/mol. The Balaban J connectivity index is 1.74. The van der Waals surface area contributed by atoms with Gasteiger partial charge in [0.1, 0.15) is 6.17 Å². The number of hydrogen-bond acceptors (Lipinski definition) is 3. The Morgan fingerprint density at radius 3 is 2.81 bits per heavy atom. The molecule has 0 aromatic carbocycles. The molecule has 2 heterocycles. The van der Waals surface area contributed by atoms with E-state index in [2.05, 4.69) is 48.5 Å². The number of rotatable bonds is 6. The molecule has 0 spiro atoms. The van der Waals surface area contributed by atoms with Crippen LogP contribution in [0.2, 0.25) is 0 Å². The van der Waals surface area contributed by atoms with Crippen LogP contribution in [0.3, 0.4) is 0 Å². The Labute approximate surface area is 131 Å². The Hall–Kier alpha value is -0.870. The lowest BCUT2D eigenvalue weighted by Crippen LogP contribution is -2.33. The van der Waals surface area contributed by atoms with E-state index in [0.717, 1.165) is 25.8 Å². The Morgan fingerprint density at radius 1 is 1.48 bits per heavy atom. The fourth-order valence-electron chi connectivity index (χ4n) is 3.30. The lowest BCUT2D eigenvalue weighted by Gasteiger charge is -2.24. The van der Waals surface area contributed by atoms with E-state index in [0.29, 0.717) is 17.2 Å². The van der Waals surface area contributed by atoms with Crippen molar-refractivity contribution >= 4 is 17.2 Å². The molecule has 3 unspecified atom stereocenters. The van der Waals surface area contributed by atoms with E-state index in [4.69, 9.17) is 0 Å². The lowest BCUT2D eigenvalue weighted by molar-refractivity contribution is -0.130. The van der Waals surface area contributed by atoms with Crippen LogP contribution in [0.15, 0.2) is 17.5 Å². The minimum atomic E-state index is 0.0129. The molecule has 1 aromatic heterocycles. The summed E-state index contributed by atoms with van der Waals surface area (Å²) in [5.41, 5.74) is 0.418. The maximum Gasteiger partial charge on any atom is 0.241 e. The van der Waals surface area contributed by atoms with Gasteiger partial charge in [0.2, 0.25) is 5.91 Å². The highest BCUT2D eigenvalue weighted by molar-refractivity contribution is 7.10. The predicted octanol–water partition coefficient (Wildman–Crippen LogP) is 3.78. The van der Waals surface area contributed by atoms with Gasteiger partial charge in [0.15, 0.2) is 0 Å². The molecule has 0 radical (unpaired) electrons. The molecule has 1 amide bonds. The van der Waals surface area contributed by atoms with Gasteiger partial charge >= 0.3 is 0 Å². The van der Waals surface area contributed by atoms with Gasteiger partial charge in [-0.1, -0.05) is 39.7 Å². The standard InChI is InChI=1S/C17H26N2OS/c1-4-5-7-13-16(20)19(11-12-10-17(12,2)3)15(18-13)14-8-6-9-21-14/h6,8-9,12-13,15,18H,4-5,7,10-11H2,1-3H3. The van der Waals surface area contributed by atoms with Crippen LogP contribution < -0.4 is 5.32 Å². The van der Waals surface area contributed by atoms with Crippen LogP contribution in [-0.4, -0.2) is 23.4 Å². The number of carbonyl (C=O) groups excluding carboxylic acids is 1. The molecule has 2 aliphatic rings. The molecule has 1 saturated carbocycles. The van der Waals surface area contributed by atoms with Crippen molar-refractivity contribution in [3.8, 4) is 0 Å². The van der Waals surface area contributed by atoms with Gasteiger partial charge in [-0.3, -0.25) is 10.1 Å². The largest absolute Gasteiger partial charge is 0.320 e. The molecule has 21 heavy (non-hydrogen) atoms. The molecular weight excluding hydrogens is 280 g/mol. The average molecular weight is 306 g/mol. The van der Waals surface area contributed by atoms with Gasteiger partial charge in [0, 0.05) is 11.4 Å². The smallest absolute Gasteiger partial charge is 0.241 e. The van der Waals surface area contributed by atoms with Gasteiger partial charge in [0.05, 0.1) is 6.04 Å². The summed E-state index contributed by atoms with van der Waals surface area (Å²) in [4.78, 5) is 16.1. The third-order valence-electron chi connectivity index (χ3n) is 5.05. The molecule has 1 saturated heterocycles. The van der Waals surface area contributed by atoms with Crippen molar-refractivity contribution in [1.82, 2.24) is 10.2 Å². The Bertz CT molecular complexity index is 497. The van der Waals surface area contributed by atoms with Crippen LogP contribution >= 0.6 is 11.3 Å². The Kier molecular flexibility index (Phi) is 4.10. The molecule has 4 heteroatoms. The van der Waals surface area contributed by atoms with E-state index in [-0.39, 0.29) is 12.2 Å². The van der Waals surface area contributed by atoms with Crippen LogP contribution in [0.1, 0.15) is 57.5 Å². The molecule has 2 fully saturated rings. The highest BCUT2D eigenvalue weighted by atomic mass is 32.1. The highest BCUT2D eigenvalue weighted by Gasteiger charge is 2.50. The summed E-state index contributed by atoms with van der Waals surface area (Å²) < 4.78 is 0. The zero-order valence-electron chi connectivity index (χ0n) is 13.3. The molecule has 1 aliphatic heterocycles. The van der Waals surface area contributed by atoms with Crippen molar-refractivity contribution in [1.29, 1.82) is 0 Å². The summed E-state index contributed by atoms with van der Waals surface area (Å²) >= 11 is 1.74. The number of nitrogens with one attached hydrogen (secondary N) is 1. The van der Waals surface area contributed by atoms with E-state index in [1.54, 1.807) is 11.3 Å².